The lowest BCUT2D eigenvalue weighted by Crippen LogP contribution is -2.43. The van der Waals surface area contributed by atoms with Gasteiger partial charge in [0.05, 0.1) is 6.42 Å². The number of carbonyl (C=O) groups is 1. The average molecular weight is 262 g/mol. The minimum Gasteiger partial charge on any atom is -0.326 e. The van der Waals surface area contributed by atoms with E-state index in [0.29, 0.717) is 5.70 Å². The van der Waals surface area contributed by atoms with Crippen molar-refractivity contribution < 1.29 is 18.0 Å². The monoisotopic (exact) mass is 262 g/mol. The van der Waals surface area contributed by atoms with Crippen LogP contribution in [0.15, 0.2) is 36.6 Å². The van der Waals surface area contributed by atoms with Crippen LogP contribution in [-0.4, -0.2) is 25.2 Å². The second kappa shape index (κ2) is 7.71. The highest BCUT2D eigenvalue weighted by molar-refractivity contribution is 5.79. The Bertz CT molecular complexity index is 346. The SMILES string of the molecule is C=C/C(=C\C=C/C)NC(=O)CC(NC)C(F)(F)F. The lowest BCUT2D eigenvalue weighted by molar-refractivity contribution is -0.160. The smallest absolute Gasteiger partial charge is 0.326 e. The van der Waals surface area contributed by atoms with E-state index in [0.717, 1.165) is 7.05 Å². The molecule has 0 aromatic rings. The molecule has 0 spiro atoms. The van der Waals surface area contributed by atoms with E-state index in [1.807, 2.05) is 0 Å². The fraction of sp³-hybridized carbons (Fsp3) is 0.417. The Balaban J connectivity index is 4.54. The number of allylic oxidation sites excluding steroid dienone is 4. The normalized spacial score (nSPS) is 14.6. The van der Waals surface area contributed by atoms with Gasteiger partial charge in [-0.05, 0) is 26.1 Å². The fourth-order valence-corrected chi connectivity index (χ4v) is 1.14. The molecule has 0 heterocycles. The first-order chi connectivity index (χ1) is 8.35. The highest BCUT2D eigenvalue weighted by atomic mass is 19.4. The van der Waals surface area contributed by atoms with Gasteiger partial charge in [0.1, 0.15) is 6.04 Å². The van der Waals surface area contributed by atoms with Gasteiger partial charge in [-0.25, -0.2) is 0 Å². The van der Waals surface area contributed by atoms with Crippen molar-refractivity contribution in [2.75, 3.05) is 7.05 Å². The predicted molar refractivity (Wildman–Crippen MR) is 64.8 cm³/mol. The van der Waals surface area contributed by atoms with Crippen molar-refractivity contribution in [3.63, 3.8) is 0 Å². The maximum Gasteiger partial charge on any atom is 0.404 e. The summed E-state index contributed by atoms with van der Waals surface area (Å²) < 4.78 is 37.2. The quantitative estimate of drug-likeness (QED) is 0.721. The second-order valence-corrected chi connectivity index (χ2v) is 3.49. The molecule has 1 amide bonds. The molecule has 1 unspecified atom stereocenters. The standard InChI is InChI=1S/C12H17F3N2O/c1-4-6-7-9(5-2)17-11(18)8-10(16-3)12(13,14)15/h4-7,10,16H,2,8H2,1,3H3,(H,17,18)/b6-4-,9-7+. The summed E-state index contributed by atoms with van der Waals surface area (Å²) in [4.78, 5) is 11.4. The molecule has 0 bridgehead atoms. The van der Waals surface area contributed by atoms with Crippen LogP contribution in [0.25, 0.3) is 0 Å². The molecule has 0 aliphatic carbocycles. The molecule has 0 fully saturated rings. The third-order valence-corrected chi connectivity index (χ3v) is 2.11. The van der Waals surface area contributed by atoms with Gasteiger partial charge in [0.15, 0.2) is 0 Å². The van der Waals surface area contributed by atoms with Gasteiger partial charge in [-0.2, -0.15) is 13.2 Å². The molecule has 3 nitrogen and oxygen atoms in total. The molecule has 2 N–H and O–H groups in total. The summed E-state index contributed by atoms with van der Waals surface area (Å²) >= 11 is 0. The van der Waals surface area contributed by atoms with Gasteiger partial charge in [0.25, 0.3) is 0 Å². The minimum absolute atomic E-state index is 0.357. The van der Waals surface area contributed by atoms with Crippen molar-refractivity contribution in [2.45, 2.75) is 25.6 Å². The third kappa shape index (κ3) is 6.24. The van der Waals surface area contributed by atoms with Gasteiger partial charge in [-0.15, -0.1) is 0 Å². The van der Waals surface area contributed by atoms with Crippen molar-refractivity contribution in [2.24, 2.45) is 0 Å². The van der Waals surface area contributed by atoms with Gasteiger partial charge in [-0.1, -0.05) is 18.7 Å². The molecular weight excluding hydrogens is 245 g/mol. The Labute approximate surface area is 104 Å². The molecule has 1 atom stereocenters. The van der Waals surface area contributed by atoms with Crippen LogP contribution in [0.1, 0.15) is 13.3 Å². The van der Waals surface area contributed by atoms with Crippen LogP contribution >= 0.6 is 0 Å². The van der Waals surface area contributed by atoms with E-state index in [1.54, 1.807) is 25.2 Å². The molecule has 0 saturated heterocycles. The van der Waals surface area contributed by atoms with Crippen LogP contribution in [0.3, 0.4) is 0 Å². The highest BCUT2D eigenvalue weighted by Crippen LogP contribution is 2.22. The van der Waals surface area contributed by atoms with E-state index in [9.17, 15) is 18.0 Å². The summed E-state index contributed by atoms with van der Waals surface area (Å²) in [5, 5.41) is 4.41. The Morgan fingerprint density at radius 3 is 2.44 bits per heavy atom. The van der Waals surface area contributed by atoms with Gasteiger partial charge < -0.3 is 10.6 Å². The first-order valence-corrected chi connectivity index (χ1v) is 5.34. The molecule has 0 aromatic heterocycles. The fourth-order valence-electron chi connectivity index (χ4n) is 1.14. The van der Waals surface area contributed by atoms with E-state index in [4.69, 9.17) is 0 Å². The van der Waals surface area contributed by atoms with E-state index in [-0.39, 0.29) is 0 Å². The van der Waals surface area contributed by atoms with Gasteiger partial charge in [0, 0.05) is 5.70 Å². The van der Waals surface area contributed by atoms with Crippen molar-refractivity contribution in [3.05, 3.63) is 36.6 Å². The van der Waals surface area contributed by atoms with Crippen LogP contribution in [-0.2, 0) is 4.79 Å². The van der Waals surface area contributed by atoms with Gasteiger partial charge >= 0.3 is 6.18 Å². The third-order valence-electron chi connectivity index (χ3n) is 2.11. The number of rotatable bonds is 6. The van der Waals surface area contributed by atoms with Crippen molar-refractivity contribution >= 4 is 5.91 Å². The van der Waals surface area contributed by atoms with Crippen LogP contribution < -0.4 is 10.6 Å². The maximum absolute atomic E-state index is 12.4. The predicted octanol–water partition coefficient (Wildman–Crippen LogP) is 2.29. The van der Waals surface area contributed by atoms with E-state index in [2.05, 4.69) is 17.2 Å². The van der Waals surface area contributed by atoms with Crippen molar-refractivity contribution in [1.29, 1.82) is 0 Å². The highest BCUT2D eigenvalue weighted by Gasteiger charge is 2.39. The summed E-state index contributed by atoms with van der Waals surface area (Å²) in [5.41, 5.74) is 0.357. The Kier molecular flexibility index (Phi) is 7.04. The number of hydrogen-bond acceptors (Lipinski definition) is 2. The summed E-state index contributed by atoms with van der Waals surface area (Å²) in [6, 6.07) is -1.86. The maximum atomic E-state index is 12.4. The number of carbonyl (C=O) groups excluding carboxylic acids is 1. The summed E-state index contributed by atoms with van der Waals surface area (Å²) in [6.45, 7) is 5.24. The molecule has 0 aliphatic rings. The summed E-state index contributed by atoms with van der Waals surface area (Å²) in [5.74, 6) is -0.720. The van der Waals surface area contributed by atoms with E-state index in [1.165, 1.54) is 6.08 Å². The van der Waals surface area contributed by atoms with Gasteiger partial charge in [-0.3, -0.25) is 4.79 Å². The number of alkyl halides is 3. The zero-order valence-electron chi connectivity index (χ0n) is 10.3. The summed E-state index contributed by atoms with van der Waals surface area (Å²) in [7, 11) is 1.16. The zero-order chi connectivity index (χ0) is 14.2. The van der Waals surface area contributed by atoms with Crippen LogP contribution in [0, 0.1) is 0 Å². The topological polar surface area (TPSA) is 41.1 Å². The largest absolute Gasteiger partial charge is 0.404 e. The average Bonchev–Trinajstić information content (AvgIpc) is 2.29. The Morgan fingerprint density at radius 1 is 1.44 bits per heavy atom. The summed E-state index contributed by atoms with van der Waals surface area (Å²) in [6.07, 6.45) is 1.15. The zero-order valence-corrected chi connectivity index (χ0v) is 10.3. The molecule has 6 heteroatoms. The second-order valence-electron chi connectivity index (χ2n) is 3.49. The van der Waals surface area contributed by atoms with E-state index < -0.39 is 24.5 Å². The number of amides is 1. The van der Waals surface area contributed by atoms with E-state index >= 15 is 0 Å². The first-order valence-electron chi connectivity index (χ1n) is 5.34. The molecule has 18 heavy (non-hydrogen) atoms. The molecule has 0 aromatic carbocycles. The van der Waals surface area contributed by atoms with Crippen LogP contribution in [0.5, 0.6) is 0 Å². The Hall–Kier alpha value is -1.56. The molecule has 0 aliphatic heterocycles. The van der Waals surface area contributed by atoms with Gasteiger partial charge in [0.2, 0.25) is 5.91 Å². The molecule has 0 saturated carbocycles. The molecular formula is C12H17F3N2O. The minimum atomic E-state index is -4.45. The molecule has 0 radical (unpaired) electrons. The Morgan fingerprint density at radius 2 is 2.06 bits per heavy atom. The molecule has 102 valence electrons. The van der Waals surface area contributed by atoms with Crippen molar-refractivity contribution in [1.82, 2.24) is 10.6 Å². The molecule has 0 rings (SSSR count). The lowest BCUT2D eigenvalue weighted by Gasteiger charge is -2.19. The number of halogens is 3. The number of nitrogens with one attached hydrogen (secondary N) is 2. The number of hydrogen-bond donors (Lipinski definition) is 2. The van der Waals surface area contributed by atoms with Crippen LogP contribution in [0.2, 0.25) is 0 Å². The lowest BCUT2D eigenvalue weighted by atomic mass is 10.2. The first kappa shape index (κ1) is 16.4. The van der Waals surface area contributed by atoms with Crippen LogP contribution in [0.4, 0.5) is 13.2 Å². The van der Waals surface area contributed by atoms with Crippen molar-refractivity contribution in [3.8, 4) is 0 Å².